The standard InChI is InChI=1S/C14H22N2O3/c1-10(2)15-13(17)9-16(3)8-11-6-5-7-12(19-4)14(11)18/h5-7,10,18H,8-9H2,1-4H3,(H,15,17). The SMILES string of the molecule is COc1cccc(CN(C)CC(=O)NC(C)C)c1O. The van der Waals surface area contributed by atoms with Gasteiger partial charge in [0.25, 0.3) is 0 Å². The van der Waals surface area contributed by atoms with E-state index in [1.165, 1.54) is 7.11 Å². The fourth-order valence-electron chi connectivity index (χ4n) is 1.82. The summed E-state index contributed by atoms with van der Waals surface area (Å²) in [4.78, 5) is 13.5. The van der Waals surface area contributed by atoms with Gasteiger partial charge in [-0.05, 0) is 27.0 Å². The highest BCUT2D eigenvalue weighted by Crippen LogP contribution is 2.29. The second-order valence-electron chi connectivity index (χ2n) is 4.86. The molecule has 0 aliphatic rings. The summed E-state index contributed by atoms with van der Waals surface area (Å²) in [5, 5.41) is 12.8. The molecule has 19 heavy (non-hydrogen) atoms. The number of aromatic hydroxyl groups is 1. The van der Waals surface area contributed by atoms with Crippen molar-refractivity contribution in [2.24, 2.45) is 0 Å². The predicted molar refractivity (Wildman–Crippen MR) is 74.3 cm³/mol. The Kier molecular flexibility index (Phi) is 5.63. The van der Waals surface area contributed by atoms with Crippen LogP contribution in [-0.2, 0) is 11.3 Å². The number of nitrogens with zero attached hydrogens (tertiary/aromatic N) is 1. The molecule has 0 fully saturated rings. The first kappa shape index (κ1) is 15.3. The fraction of sp³-hybridized carbons (Fsp3) is 0.500. The molecule has 0 saturated heterocycles. The van der Waals surface area contributed by atoms with E-state index in [0.717, 1.165) is 5.56 Å². The van der Waals surface area contributed by atoms with Gasteiger partial charge in [0.05, 0.1) is 13.7 Å². The number of phenolic OH excluding ortho intramolecular Hbond substituents is 1. The summed E-state index contributed by atoms with van der Waals surface area (Å²) in [5.41, 5.74) is 0.735. The monoisotopic (exact) mass is 266 g/mol. The van der Waals surface area contributed by atoms with Crippen molar-refractivity contribution in [2.75, 3.05) is 20.7 Å². The van der Waals surface area contributed by atoms with E-state index in [9.17, 15) is 9.90 Å². The van der Waals surface area contributed by atoms with Crippen LogP contribution in [0, 0.1) is 0 Å². The number of rotatable bonds is 6. The number of para-hydroxylation sites is 1. The van der Waals surface area contributed by atoms with Gasteiger partial charge in [0, 0.05) is 18.2 Å². The molecule has 0 heterocycles. The molecule has 5 heteroatoms. The van der Waals surface area contributed by atoms with Crippen molar-refractivity contribution < 1.29 is 14.6 Å². The molecular weight excluding hydrogens is 244 g/mol. The van der Waals surface area contributed by atoms with E-state index in [0.29, 0.717) is 12.3 Å². The average molecular weight is 266 g/mol. The summed E-state index contributed by atoms with van der Waals surface area (Å²) in [5.74, 6) is 0.540. The number of hydrogen-bond acceptors (Lipinski definition) is 4. The largest absolute Gasteiger partial charge is 0.504 e. The van der Waals surface area contributed by atoms with Crippen LogP contribution in [0.4, 0.5) is 0 Å². The van der Waals surface area contributed by atoms with Crippen LogP contribution in [0.15, 0.2) is 18.2 Å². The Bertz CT molecular complexity index is 433. The van der Waals surface area contributed by atoms with Crippen LogP contribution in [0.2, 0.25) is 0 Å². The number of carbonyl (C=O) groups is 1. The first-order valence-corrected chi connectivity index (χ1v) is 6.26. The van der Waals surface area contributed by atoms with Crippen LogP contribution in [0.1, 0.15) is 19.4 Å². The number of benzene rings is 1. The smallest absolute Gasteiger partial charge is 0.234 e. The zero-order valence-electron chi connectivity index (χ0n) is 11.9. The van der Waals surface area contributed by atoms with E-state index in [2.05, 4.69) is 5.32 Å². The zero-order valence-corrected chi connectivity index (χ0v) is 11.9. The molecule has 1 rings (SSSR count). The van der Waals surface area contributed by atoms with Crippen LogP contribution >= 0.6 is 0 Å². The molecule has 1 amide bonds. The number of ether oxygens (including phenoxy) is 1. The Labute approximate surface area is 114 Å². The van der Waals surface area contributed by atoms with Crippen LogP contribution in [0.5, 0.6) is 11.5 Å². The van der Waals surface area contributed by atoms with Crippen molar-refractivity contribution in [1.29, 1.82) is 0 Å². The highest BCUT2D eigenvalue weighted by Gasteiger charge is 2.12. The molecule has 0 aliphatic heterocycles. The predicted octanol–water partition coefficient (Wildman–Crippen LogP) is 1.36. The summed E-state index contributed by atoms with van der Waals surface area (Å²) in [6.45, 7) is 4.61. The summed E-state index contributed by atoms with van der Waals surface area (Å²) < 4.78 is 5.05. The van der Waals surface area contributed by atoms with Crippen molar-refractivity contribution in [3.05, 3.63) is 23.8 Å². The minimum atomic E-state index is -0.0279. The molecule has 0 atom stereocenters. The average Bonchev–Trinajstić information content (AvgIpc) is 2.30. The van der Waals surface area contributed by atoms with Crippen LogP contribution in [-0.4, -0.2) is 42.7 Å². The number of nitrogens with one attached hydrogen (secondary N) is 1. The van der Waals surface area contributed by atoms with Gasteiger partial charge in [-0.1, -0.05) is 12.1 Å². The lowest BCUT2D eigenvalue weighted by Crippen LogP contribution is -2.38. The highest BCUT2D eigenvalue weighted by molar-refractivity contribution is 5.78. The molecule has 0 aliphatic carbocycles. The fourth-order valence-corrected chi connectivity index (χ4v) is 1.82. The summed E-state index contributed by atoms with van der Waals surface area (Å²) in [7, 11) is 3.34. The minimum absolute atomic E-state index is 0.0279. The first-order valence-electron chi connectivity index (χ1n) is 6.26. The molecule has 0 unspecified atom stereocenters. The quantitative estimate of drug-likeness (QED) is 0.816. The van der Waals surface area contributed by atoms with Gasteiger partial charge in [-0.15, -0.1) is 0 Å². The lowest BCUT2D eigenvalue weighted by atomic mass is 10.1. The molecular formula is C14H22N2O3. The Morgan fingerprint density at radius 1 is 1.47 bits per heavy atom. The van der Waals surface area contributed by atoms with Crippen molar-refractivity contribution >= 4 is 5.91 Å². The Balaban J connectivity index is 2.62. The number of methoxy groups -OCH3 is 1. The third kappa shape index (κ3) is 4.79. The minimum Gasteiger partial charge on any atom is -0.504 e. The van der Waals surface area contributed by atoms with Crippen molar-refractivity contribution in [3.8, 4) is 11.5 Å². The highest BCUT2D eigenvalue weighted by atomic mass is 16.5. The molecule has 0 radical (unpaired) electrons. The van der Waals surface area contributed by atoms with Crippen molar-refractivity contribution in [2.45, 2.75) is 26.4 Å². The number of hydrogen-bond donors (Lipinski definition) is 2. The molecule has 0 saturated carbocycles. The summed E-state index contributed by atoms with van der Waals surface area (Å²) >= 11 is 0. The van der Waals surface area contributed by atoms with Gasteiger partial charge in [0.2, 0.25) is 5.91 Å². The Hall–Kier alpha value is -1.75. The number of phenols is 1. The van der Waals surface area contributed by atoms with Gasteiger partial charge in [0.15, 0.2) is 11.5 Å². The maximum atomic E-state index is 11.6. The topological polar surface area (TPSA) is 61.8 Å². The van der Waals surface area contributed by atoms with Gasteiger partial charge < -0.3 is 15.2 Å². The summed E-state index contributed by atoms with van der Waals surface area (Å²) in [6, 6.07) is 5.46. The normalized spacial score (nSPS) is 10.8. The second-order valence-corrected chi connectivity index (χ2v) is 4.86. The van der Waals surface area contributed by atoms with E-state index in [4.69, 9.17) is 4.74 Å². The van der Waals surface area contributed by atoms with Crippen LogP contribution in [0.25, 0.3) is 0 Å². The maximum absolute atomic E-state index is 11.6. The second kappa shape index (κ2) is 6.99. The third-order valence-electron chi connectivity index (χ3n) is 2.61. The number of carbonyl (C=O) groups excluding carboxylic acids is 1. The van der Waals surface area contributed by atoms with E-state index in [1.54, 1.807) is 6.07 Å². The zero-order chi connectivity index (χ0) is 14.4. The van der Waals surface area contributed by atoms with E-state index < -0.39 is 0 Å². The lowest BCUT2D eigenvalue weighted by Gasteiger charge is -2.18. The molecule has 0 bridgehead atoms. The molecule has 0 aromatic heterocycles. The van der Waals surface area contributed by atoms with Crippen LogP contribution < -0.4 is 10.1 Å². The Morgan fingerprint density at radius 3 is 2.74 bits per heavy atom. The molecule has 1 aromatic rings. The van der Waals surface area contributed by atoms with E-state index in [1.807, 2.05) is 37.9 Å². The number of amides is 1. The Morgan fingerprint density at radius 2 is 2.16 bits per heavy atom. The molecule has 5 nitrogen and oxygen atoms in total. The lowest BCUT2D eigenvalue weighted by molar-refractivity contribution is -0.122. The molecule has 0 spiro atoms. The maximum Gasteiger partial charge on any atom is 0.234 e. The van der Waals surface area contributed by atoms with Crippen molar-refractivity contribution in [3.63, 3.8) is 0 Å². The van der Waals surface area contributed by atoms with E-state index in [-0.39, 0.29) is 24.2 Å². The number of likely N-dealkylation sites (N-methyl/N-ethyl adjacent to an activating group) is 1. The first-order chi connectivity index (χ1) is 8.93. The van der Waals surface area contributed by atoms with E-state index >= 15 is 0 Å². The molecule has 2 N–H and O–H groups in total. The van der Waals surface area contributed by atoms with Gasteiger partial charge in [-0.3, -0.25) is 9.69 Å². The van der Waals surface area contributed by atoms with Gasteiger partial charge in [-0.2, -0.15) is 0 Å². The van der Waals surface area contributed by atoms with Gasteiger partial charge in [-0.25, -0.2) is 0 Å². The molecule has 1 aromatic carbocycles. The summed E-state index contributed by atoms with van der Waals surface area (Å²) in [6.07, 6.45) is 0. The molecule has 106 valence electrons. The van der Waals surface area contributed by atoms with Gasteiger partial charge in [0.1, 0.15) is 0 Å². The van der Waals surface area contributed by atoms with Gasteiger partial charge >= 0.3 is 0 Å². The van der Waals surface area contributed by atoms with Crippen molar-refractivity contribution in [1.82, 2.24) is 10.2 Å². The van der Waals surface area contributed by atoms with Crippen LogP contribution in [0.3, 0.4) is 0 Å². The third-order valence-corrected chi connectivity index (χ3v) is 2.61.